The van der Waals surface area contributed by atoms with Gasteiger partial charge in [-0.15, -0.1) is 5.73 Å². The first-order valence-corrected chi connectivity index (χ1v) is 4.85. The topological polar surface area (TPSA) is 29.1 Å². The maximum absolute atomic E-state index is 12.5. The van der Waals surface area contributed by atoms with Gasteiger partial charge in [0, 0.05) is 6.54 Å². The second-order valence-electron chi connectivity index (χ2n) is 3.52. The number of nitrogens with one attached hydrogen (secondary N) is 1. The number of halogens is 6. The van der Waals surface area contributed by atoms with Crippen molar-refractivity contribution < 1.29 is 31.1 Å². The first-order chi connectivity index (χ1) is 8.64. The maximum Gasteiger partial charge on any atom is 0.423 e. The van der Waals surface area contributed by atoms with Crippen LogP contribution in [0.3, 0.4) is 0 Å². The van der Waals surface area contributed by atoms with Crippen molar-refractivity contribution >= 4 is 6.41 Å². The molecule has 0 unspecified atom stereocenters. The third-order valence-electron chi connectivity index (χ3n) is 2.08. The van der Waals surface area contributed by atoms with Crippen LogP contribution in [0.2, 0.25) is 0 Å². The van der Waals surface area contributed by atoms with Gasteiger partial charge in [0.25, 0.3) is 0 Å². The summed E-state index contributed by atoms with van der Waals surface area (Å²) in [7, 11) is 0. The number of hydrogen-bond donors (Lipinski definition) is 1. The molecule has 0 spiro atoms. The summed E-state index contributed by atoms with van der Waals surface area (Å²) in [5.41, 5.74) is -1.37. The van der Waals surface area contributed by atoms with Crippen LogP contribution in [0.5, 0.6) is 0 Å². The van der Waals surface area contributed by atoms with Crippen molar-refractivity contribution in [3.63, 3.8) is 0 Å². The Kier molecular flexibility index (Phi) is 4.26. The Morgan fingerprint density at radius 3 is 2.21 bits per heavy atom. The molecule has 0 atom stereocenters. The molecule has 0 aliphatic heterocycles. The van der Waals surface area contributed by atoms with Gasteiger partial charge in [0.1, 0.15) is 0 Å². The molecular formula is C11H7F6NO. The Morgan fingerprint density at radius 1 is 1.11 bits per heavy atom. The first kappa shape index (κ1) is 15.1. The van der Waals surface area contributed by atoms with Crippen molar-refractivity contribution in [3.8, 4) is 0 Å². The molecule has 8 heteroatoms. The van der Waals surface area contributed by atoms with Crippen molar-refractivity contribution in [1.29, 1.82) is 0 Å². The third kappa shape index (κ3) is 4.33. The largest absolute Gasteiger partial charge is 0.423 e. The fourth-order valence-electron chi connectivity index (χ4n) is 1.25. The molecule has 1 aliphatic carbocycles. The highest BCUT2D eigenvalue weighted by Crippen LogP contribution is 2.32. The molecule has 0 fully saturated rings. The fraction of sp³-hybridized carbons (Fsp3) is 0.273. The van der Waals surface area contributed by atoms with Crippen molar-refractivity contribution in [2.45, 2.75) is 12.4 Å². The van der Waals surface area contributed by atoms with Crippen LogP contribution in [0, 0.1) is 0 Å². The lowest BCUT2D eigenvalue weighted by molar-refractivity contribution is -0.109. The number of alkyl halides is 6. The lowest BCUT2D eigenvalue weighted by Gasteiger charge is -2.08. The van der Waals surface area contributed by atoms with Crippen LogP contribution in [-0.4, -0.2) is 25.3 Å². The van der Waals surface area contributed by atoms with Crippen LogP contribution in [0.15, 0.2) is 40.7 Å². The van der Waals surface area contributed by atoms with Crippen molar-refractivity contribution in [2.75, 3.05) is 6.54 Å². The van der Waals surface area contributed by atoms with Gasteiger partial charge in [0.2, 0.25) is 6.41 Å². The predicted octanol–water partition coefficient (Wildman–Crippen LogP) is 2.80. The highest BCUT2D eigenvalue weighted by atomic mass is 19.4. The summed E-state index contributed by atoms with van der Waals surface area (Å²) in [5, 5.41) is 2.01. The van der Waals surface area contributed by atoms with E-state index in [1.807, 2.05) is 5.32 Å². The van der Waals surface area contributed by atoms with Gasteiger partial charge in [-0.2, -0.15) is 26.3 Å². The molecule has 0 radical (unpaired) electrons. The normalized spacial score (nSPS) is 16.2. The highest BCUT2D eigenvalue weighted by Gasteiger charge is 2.36. The van der Waals surface area contributed by atoms with E-state index in [1.54, 1.807) is 5.73 Å². The molecule has 1 N–H and O–H groups in total. The van der Waals surface area contributed by atoms with Gasteiger partial charge in [-0.3, -0.25) is 4.79 Å². The lowest BCUT2D eigenvalue weighted by Crippen LogP contribution is -2.16. The molecule has 0 aromatic rings. The summed E-state index contributed by atoms with van der Waals surface area (Å²) in [6.07, 6.45) is -8.18. The SMILES string of the molecule is O=CNCC1=CC(C(F)(F)F)=C=CC(C(F)(F)F)=C1. The van der Waals surface area contributed by atoms with Gasteiger partial charge < -0.3 is 5.32 Å². The molecule has 1 aliphatic rings. The van der Waals surface area contributed by atoms with Crippen molar-refractivity contribution in [2.24, 2.45) is 0 Å². The minimum absolute atomic E-state index is 0.178. The van der Waals surface area contributed by atoms with Gasteiger partial charge in [-0.05, 0) is 23.8 Å². The first-order valence-electron chi connectivity index (χ1n) is 4.85. The average Bonchev–Trinajstić information content (AvgIpc) is 2.47. The minimum atomic E-state index is -4.82. The number of carbonyl (C=O) groups is 1. The molecule has 0 bridgehead atoms. The molecule has 0 saturated carbocycles. The van der Waals surface area contributed by atoms with E-state index in [9.17, 15) is 31.1 Å². The van der Waals surface area contributed by atoms with E-state index < -0.39 is 30.0 Å². The molecule has 2 nitrogen and oxygen atoms in total. The van der Waals surface area contributed by atoms with Crippen LogP contribution >= 0.6 is 0 Å². The number of carbonyl (C=O) groups excluding carboxylic acids is 1. The number of allylic oxidation sites excluding steroid dienone is 3. The fourth-order valence-corrected chi connectivity index (χ4v) is 1.25. The zero-order valence-electron chi connectivity index (χ0n) is 9.19. The lowest BCUT2D eigenvalue weighted by atomic mass is 10.1. The van der Waals surface area contributed by atoms with E-state index >= 15 is 0 Å². The predicted molar refractivity (Wildman–Crippen MR) is 53.9 cm³/mol. The van der Waals surface area contributed by atoms with Crippen LogP contribution < -0.4 is 5.32 Å². The molecule has 1 amide bonds. The second kappa shape index (κ2) is 5.36. The van der Waals surface area contributed by atoms with E-state index in [4.69, 9.17) is 0 Å². The number of rotatable bonds is 3. The molecule has 0 aromatic carbocycles. The van der Waals surface area contributed by atoms with Gasteiger partial charge in [-0.25, -0.2) is 0 Å². The Morgan fingerprint density at radius 2 is 1.74 bits per heavy atom. The van der Waals surface area contributed by atoms with E-state index in [0.717, 1.165) is 0 Å². The van der Waals surface area contributed by atoms with Crippen LogP contribution in [0.25, 0.3) is 0 Å². The molecule has 0 aromatic heterocycles. The number of amides is 1. The third-order valence-corrected chi connectivity index (χ3v) is 2.08. The van der Waals surface area contributed by atoms with E-state index in [1.165, 1.54) is 0 Å². The van der Waals surface area contributed by atoms with Gasteiger partial charge in [0.05, 0.1) is 11.1 Å². The molecular weight excluding hydrogens is 276 g/mol. The Labute approximate surface area is 103 Å². The zero-order valence-corrected chi connectivity index (χ0v) is 9.19. The maximum atomic E-state index is 12.5. The standard InChI is InChI=1S/C11H7F6NO/c12-10(13,14)8-1-2-9(11(15,16)17)4-7(3-8)5-18-6-19/h1,3-4,6H,5H2,(H,18,19). The average molecular weight is 283 g/mol. The summed E-state index contributed by atoms with van der Waals surface area (Å²) in [5.74, 6) is 0. The summed E-state index contributed by atoms with van der Waals surface area (Å²) in [6.45, 7) is -0.446. The zero-order chi connectivity index (χ0) is 14.7. The van der Waals surface area contributed by atoms with Gasteiger partial charge >= 0.3 is 12.4 Å². The Hall–Kier alpha value is -1.95. The van der Waals surface area contributed by atoms with E-state index in [0.29, 0.717) is 12.2 Å². The number of hydrogen-bond acceptors (Lipinski definition) is 1. The molecule has 1 rings (SSSR count). The van der Waals surface area contributed by atoms with E-state index in [-0.39, 0.29) is 18.1 Å². The van der Waals surface area contributed by atoms with Gasteiger partial charge in [-0.1, -0.05) is 0 Å². The molecule has 0 heterocycles. The van der Waals surface area contributed by atoms with Gasteiger partial charge in [0.15, 0.2) is 0 Å². The highest BCUT2D eigenvalue weighted by molar-refractivity contribution is 5.49. The summed E-state index contributed by atoms with van der Waals surface area (Å²) >= 11 is 0. The van der Waals surface area contributed by atoms with Crippen LogP contribution in [-0.2, 0) is 4.79 Å². The van der Waals surface area contributed by atoms with Crippen LogP contribution in [0.1, 0.15) is 0 Å². The van der Waals surface area contributed by atoms with Crippen LogP contribution in [0.4, 0.5) is 26.3 Å². The quantitative estimate of drug-likeness (QED) is 0.481. The molecule has 104 valence electrons. The van der Waals surface area contributed by atoms with E-state index in [2.05, 4.69) is 0 Å². The summed E-state index contributed by atoms with van der Waals surface area (Å²) in [6, 6.07) is 0. The summed E-state index contributed by atoms with van der Waals surface area (Å²) < 4.78 is 74.9. The van der Waals surface area contributed by atoms with Crippen molar-refractivity contribution in [3.05, 3.63) is 40.7 Å². The Balaban J connectivity index is 3.25. The Bertz CT molecular complexity index is 488. The van der Waals surface area contributed by atoms with Crippen molar-refractivity contribution in [1.82, 2.24) is 5.32 Å². The smallest absolute Gasteiger partial charge is 0.355 e. The minimum Gasteiger partial charge on any atom is -0.355 e. The molecule has 0 saturated heterocycles. The summed E-state index contributed by atoms with van der Waals surface area (Å²) in [4.78, 5) is 10.1. The second-order valence-corrected chi connectivity index (χ2v) is 3.52. The monoisotopic (exact) mass is 283 g/mol. The molecule has 19 heavy (non-hydrogen) atoms.